The molecule has 0 unspecified atom stereocenters. The smallest absolute Gasteiger partial charge is 0.233 e. The molecular weight excluding hydrogens is 382 g/mol. The third-order valence-corrected chi connectivity index (χ3v) is 4.25. The molecule has 1 aromatic heterocycles. The summed E-state index contributed by atoms with van der Waals surface area (Å²) in [6, 6.07) is 7.59. The van der Waals surface area contributed by atoms with Crippen molar-refractivity contribution >= 4 is 6.21 Å². The summed E-state index contributed by atoms with van der Waals surface area (Å²) in [5.41, 5.74) is 2.79. The number of unbranched alkanes of at least 4 members (excludes halogenated alkanes) is 2. The maximum absolute atomic E-state index is 6.00. The summed E-state index contributed by atoms with van der Waals surface area (Å²) in [4.78, 5) is 4.60. The van der Waals surface area contributed by atoms with E-state index in [1.807, 2.05) is 45.1 Å². The first-order chi connectivity index (χ1) is 14.6. The van der Waals surface area contributed by atoms with Crippen molar-refractivity contribution in [1.82, 2.24) is 10.2 Å². The Morgan fingerprint density at radius 1 is 0.933 bits per heavy atom. The van der Waals surface area contributed by atoms with E-state index in [9.17, 15) is 0 Å². The van der Waals surface area contributed by atoms with Gasteiger partial charge in [-0.15, -0.1) is 10.2 Å². The molecule has 0 aliphatic carbocycles. The maximum Gasteiger partial charge on any atom is 0.233 e. The summed E-state index contributed by atoms with van der Waals surface area (Å²) < 4.78 is 17.3. The number of benzene rings is 1. The lowest BCUT2D eigenvalue weighted by molar-refractivity contribution is 0.215. The second kappa shape index (κ2) is 13.2. The van der Waals surface area contributed by atoms with Gasteiger partial charge in [-0.3, -0.25) is 0 Å². The van der Waals surface area contributed by atoms with E-state index in [0.29, 0.717) is 31.4 Å². The minimum atomic E-state index is 0.504. The highest BCUT2D eigenvalue weighted by molar-refractivity contribution is 5.75. The number of aryl methyl sites for hydroxylation is 2. The van der Waals surface area contributed by atoms with Crippen LogP contribution in [0.4, 0.5) is 0 Å². The molecule has 0 spiro atoms. The Bertz CT molecular complexity index is 797. The minimum absolute atomic E-state index is 0.504. The number of allylic oxidation sites excluding steroid dienone is 1. The fraction of sp³-hybridized carbons (Fsp3) is 0.435. The number of oxime groups is 1. The van der Waals surface area contributed by atoms with E-state index in [1.165, 1.54) is 13.3 Å². The van der Waals surface area contributed by atoms with E-state index in [0.717, 1.165) is 41.9 Å². The molecule has 1 heterocycles. The van der Waals surface area contributed by atoms with E-state index in [2.05, 4.69) is 20.2 Å². The Morgan fingerprint density at radius 3 is 2.30 bits per heavy atom. The fourth-order valence-corrected chi connectivity index (χ4v) is 2.78. The van der Waals surface area contributed by atoms with Gasteiger partial charge in [0.2, 0.25) is 5.88 Å². The SMILES string of the molecule is C/C=C/COc1cc(C)c(OCCCCCOc2ccc(/C=N/OC)nn2)c(C)c1. The number of ether oxygens (including phenoxy) is 3. The van der Waals surface area contributed by atoms with Gasteiger partial charge < -0.3 is 19.0 Å². The first kappa shape index (κ1) is 23.2. The molecule has 0 amide bonds. The van der Waals surface area contributed by atoms with Crippen LogP contribution in [-0.2, 0) is 4.84 Å². The quantitative estimate of drug-likeness (QED) is 0.206. The molecule has 0 radical (unpaired) electrons. The van der Waals surface area contributed by atoms with Gasteiger partial charge in [0, 0.05) is 6.07 Å². The number of nitrogens with zero attached hydrogens (tertiary/aromatic N) is 3. The van der Waals surface area contributed by atoms with Crippen LogP contribution in [0.2, 0.25) is 0 Å². The van der Waals surface area contributed by atoms with Gasteiger partial charge in [0.15, 0.2) is 0 Å². The number of hydrogen-bond acceptors (Lipinski definition) is 7. The first-order valence-corrected chi connectivity index (χ1v) is 10.1. The Labute approximate surface area is 178 Å². The van der Waals surface area contributed by atoms with Gasteiger partial charge in [-0.2, -0.15) is 0 Å². The zero-order valence-corrected chi connectivity index (χ0v) is 18.3. The number of hydrogen-bond donors (Lipinski definition) is 0. The zero-order valence-electron chi connectivity index (χ0n) is 18.3. The van der Waals surface area contributed by atoms with Crippen molar-refractivity contribution in [2.75, 3.05) is 26.9 Å². The molecule has 0 atom stereocenters. The molecule has 1 aromatic carbocycles. The third-order valence-electron chi connectivity index (χ3n) is 4.25. The number of rotatable bonds is 13. The molecule has 0 saturated heterocycles. The van der Waals surface area contributed by atoms with E-state index in [4.69, 9.17) is 14.2 Å². The van der Waals surface area contributed by atoms with E-state index in [-0.39, 0.29) is 0 Å². The largest absolute Gasteiger partial charge is 0.493 e. The molecule has 30 heavy (non-hydrogen) atoms. The van der Waals surface area contributed by atoms with Gasteiger partial charge in [0.05, 0.1) is 19.4 Å². The van der Waals surface area contributed by atoms with Crippen LogP contribution in [0.1, 0.15) is 43.0 Å². The van der Waals surface area contributed by atoms with Crippen molar-refractivity contribution in [2.24, 2.45) is 5.16 Å². The fourth-order valence-electron chi connectivity index (χ4n) is 2.78. The molecule has 0 aliphatic heterocycles. The highest BCUT2D eigenvalue weighted by Crippen LogP contribution is 2.28. The molecule has 0 N–H and O–H groups in total. The van der Waals surface area contributed by atoms with Crippen LogP contribution in [0.25, 0.3) is 0 Å². The van der Waals surface area contributed by atoms with Crippen molar-refractivity contribution in [3.63, 3.8) is 0 Å². The summed E-state index contributed by atoms with van der Waals surface area (Å²) in [6.45, 7) is 7.92. The second-order valence-electron chi connectivity index (χ2n) is 6.74. The summed E-state index contributed by atoms with van der Waals surface area (Å²) in [7, 11) is 1.48. The summed E-state index contributed by atoms with van der Waals surface area (Å²) in [6.07, 6.45) is 8.34. The molecule has 7 heteroatoms. The predicted octanol–water partition coefficient (Wildman–Crippen LogP) is 4.66. The number of aromatic nitrogens is 2. The zero-order chi connectivity index (χ0) is 21.6. The lowest BCUT2D eigenvalue weighted by atomic mass is 10.1. The van der Waals surface area contributed by atoms with Crippen molar-refractivity contribution < 1.29 is 19.0 Å². The molecule has 0 aliphatic rings. The molecule has 0 fully saturated rings. The average molecular weight is 414 g/mol. The van der Waals surface area contributed by atoms with E-state index >= 15 is 0 Å². The summed E-state index contributed by atoms with van der Waals surface area (Å²) >= 11 is 0. The Balaban J connectivity index is 1.65. The van der Waals surface area contributed by atoms with Crippen LogP contribution in [0.15, 0.2) is 41.6 Å². The lowest BCUT2D eigenvalue weighted by Crippen LogP contribution is -2.04. The Hall–Kier alpha value is -3.09. The van der Waals surface area contributed by atoms with E-state index < -0.39 is 0 Å². The summed E-state index contributed by atoms with van der Waals surface area (Å²) in [5.74, 6) is 2.32. The molecule has 0 bridgehead atoms. The van der Waals surface area contributed by atoms with Crippen LogP contribution in [0, 0.1) is 13.8 Å². The van der Waals surface area contributed by atoms with Crippen LogP contribution >= 0.6 is 0 Å². The highest BCUT2D eigenvalue weighted by atomic mass is 16.6. The van der Waals surface area contributed by atoms with Crippen LogP contribution < -0.4 is 14.2 Å². The lowest BCUT2D eigenvalue weighted by Gasteiger charge is -2.14. The van der Waals surface area contributed by atoms with Crippen LogP contribution in [0.5, 0.6) is 17.4 Å². The van der Waals surface area contributed by atoms with Crippen LogP contribution in [-0.4, -0.2) is 43.3 Å². The molecule has 2 rings (SSSR count). The van der Waals surface area contributed by atoms with Gasteiger partial charge in [0.25, 0.3) is 0 Å². The van der Waals surface area contributed by atoms with Gasteiger partial charge in [-0.1, -0.05) is 17.3 Å². The third kappa shape index (κ3) is 8.11. The van der Waals surface area contributed by atoms with E-state index in [1.54, 1.807) is 12.1 Å². The van der Waals surface area contributed by atoms with Crippen LogP contribution in [0.3, 0.4) is 0 Å². The molecule has 7 nitrogen and oxygen atoms in total. The Morgan fingerprint density at radius 2 is 1.67 bits per heavy atom. The molecule has 162 valence electrons. The van der Waals surface area contributed by atoms with Gasteiger partial charge in [-0.25, -0.2) is 0 Å². The van der Waals surface area contributed by atoms with Crippen molar-refractivity contribution in [3.8, 4) is 17.4 Å². The first-order valence-electron chi connectivity index (χ1n) is 10.1. The van der Waals surface area contributed by atoms with Gasteiger partial charge >= 0.3 is 0 Å². The van der Waals surface area contributed by atoms with Crippen molar-refractivity contribution in [3.05, 3.63) is 53.2 Å². The standard InChI is InChI=1S/C23H31N3O4/c1-5-6-12-28-21-15-18(2)23(19(3)16-21)30-14-9-7-8-13-29-22-11-10-20(25-26-22)17-24-27-4/h5-6,10-11,15-17H,7-9,12-14H2,1-4H3/b6-5+,24-17+. The average Bonchev–Trinajstić information content (AvgIpc) is 2.74. The second-order valence-corrected chi connectivity index (χ2v) is 6.74. The monoisotopic (exact) mass is 413 g/mol. The molecule has 0 saturated carbocycles. The van der Waals surface area contributed by atoms with Crippen molar-refractivity contribution in [1.29, 1.82) is 0 Å². The topological polar surface area (TPSA) is 75.1 Å². The molecule has 2 aromatic rings. The minimum Gasteiger partial charge on any atom is -0.493 e. The summed E-state index contributed by atoms with van der Waals surface area (Å²) in [5, 5.41) is 11.6. The van der Waals surface area contributed by atoms with Gasteiger partial charge in [0.1, 0.15) is 30.9 Å². The highest BCUT2D eigenvalue weighted by Gasteiger charge is 2.07. The van der Waals surface area contributed by atoms with Gasteiger partial charge in [-0.05, 0) is 69.4 Å². The Kier molecular flexibility index (Phi) is 10.2. The van der Waals surface area contributed by atoms with Crippen molar-refractivity contribution in [2.45, 2.75) is 40.0 Å². The molecular formula is C23H31N3O4. The normalized spacial score (nSPS) is 11.2. The predicted molar refractivity (Wildman–Crippen MR) is 118 cm³/mol. The maximum atomic E-state index is 6.00.